The molecule has 1 heterocycles. The number of ether oxygens (including phenoxy) is 2. The lowest BCUT2D eigenvalue weighted by molar-refractivity contribution is -0.0771. The first-order valence-electron chi connectivity index (χ1n) is 7.54. The Morgan fingerprint density at radius 1 is 1.35 bits per heavy atom. The van der Waals surface area contributed by atoms with Gasteiger partial charge in [0.2, 0.25) is 0 Å². The van der Waals surface area contributed by atoms with Crippen molar-refractivity contribution in [2.45, 2.75) is 44.6 Å². The van der Waals surface area contributed by atoms with E-state index in [4.69, 9.17) is 15.2 Å². The Morgan fingerprint density at radius 3 is 2.60 bits per heavy atom. The highest BCUT2D eigenvalue weighted by Crippen LogP contribution is 2.40. The van der Waals surface area contributed by atoms with E-state index in [0.29, 0.717) is 11.8 Å². The summed E-state index contributed by atoms with van der Waals surface area (Å²) in [6.07, 6.45) is 3.26. The van der Waals surface area contributed by atoms with Gasteiger partial charge in [-0.15, -0.1) is 0 Å². The first-order valence-corrected chi connectivity index (χ1v) is 7.54. The zero-order valence-electron chi connectivity index (χ0n) is 12.9. The molecular weight excluding hydrogens is 250 g/mol. The predicted molar refractivity (Wildman–Crippen MR) is 82.2 cm³/mol. The van der Waals surface area contributed by atoms with Crippen LogP contribution < -0.4 is 10.5 Å². The zero-order valence-corrected chi connectivity index (χ0v) is 12.9. The van der Waals surface area contributed by atoms with Crippen molar-refractivity contribution in [3.05, 3.63) is 29.8 Å². The molecule has 1 aromatic rings. The number of hydrogen-bond acceptors (Lipinski definition) is 3. The van der Waals surface area contributed by atoms with Crippen LogP contribution in [0.4, 0.5) is 0 Å². The molecule has 1 aliphatic heterocycles. The summed E-state index contributed by atoms with van der Waals surface area (Å²) in [5.74, 6) is 2.08. The van der Waals surface area contributed by atoms with Gasteiger partial charge in [-0.2, -0.15) is 0 Å². The van der Waals surface area contributed by atoms with Crippen LogP contribution in [0.3, 0.4) is 0 Å². The summed E-state index contributed by atoms with van der Waals surface area (Å²) in [6, 6.07) is 8.45. The lowest BCUT2D eigenvalue weighted by Gasteiger charge is -2.39. The first-order chi connectivity index (χ1) is 9.55. The van der Waals surface area contributed by atoms with Crippen LogP contribution in [0.5, 0.6) is 5.75 Å². The van der Waals surface area contributed by atoms with Crippen molar-refractivity contribution in [3.8, 4) is 5.75 Å². The Morgan fingerprint density at radius 2 is 2.05 bits per heavy atom. The molecule has 0 radical (unpaired) electrons. The quantitative estimate of drug-likeness (QED) is 0.898. The molecule has 0 unspecified atom stereocenters. The second-order valence-corrected chi connectivity index (χ2v) is 6.32. The Kier molecular flexibility index (Phi) is 5.06. The Hall–Kier alpha value is -1.06. The molecule has 1 aromatic carbocycles. The van der Waals surface area contributed by atoms with Crippen molar-refractivity contribution in [3.63, 3.8) is 0 Å². The van der Waals surface area contributed by atoms with Crippen molar-refractivity contribution in [1.29, 1.82) is 0 Å². The van der Waals surface area contributed by atoms with Gasteiger partial charge in [0.1, 0.15) is 5.75 Å². The third-order valence-corrected chi connectivity index (χ3v) is 4.33. The molecule has 2 rings (SSSR count). The van der Waals surface area contributed by atoms with Gasteiger partial charge in [-0.1, -0.05) is 12.1 Å². The molecule has 0 aliphatic carbocycles. The SMILES string of the molecule is COc1ccc([C@H](CCN)[C@H]2CCOC(C)(C)C2)cc1. The average molecular weight is 277 g/mol. The van der Waals surface area contributed by atoms with Crippen molar-refractivity contribution in [2.75, 3.05) is 20.3 Å². The molecule has 0 spiro atoms. The Bertz CT molecular complexity index is 414. The summed E-state index contributed by atoms with van der Waals surface area (Å²) in [4.78, 5) is 0. The van der Waals surface area contributed by atoms with Gasteiger partial charge in [0.05, 0.1) is 12.7 Å². The monoisotopic (exact) mass is 277 g/mol. The van der Waals surface area contributed by atoms with Gasteiger partial charge < -0.3 is 15.2 Å². The zero-order chi connectivity index (χ0) is 14.6. The van der Waals surface area contributed by atoms with Crippen molar-refractivity contribution in [1.82, 2.24) is 0 Å². The van der Waals surface area contributed by atoms with E-state index in [1.165, 1.54) is 5.56 Å². The Balaban J connectivity index is 2.16. The number of benzene rings is 1. The van der Waals surface area contributed by atoms with Gasteiger partial charge in [-0.3, -0.25) is 0 Å². The molecule has 0 aromatic heterocycles. The summed E-state index contributed by atoms with van der Waals surface area (Å²) < 4.78 is 11.1. The molecule has 112 valence electrons. The first kappa shape index (κ1) is 15.3. The van der Waals surface area contributed by atoms with E-state index in [1.54, 1.807) is 7.11 Å². The van der Waals surface area contributed by atoms with Gasteiger partial charge in [0.25, 0.3) is 0 Å². The predicted octanol–water partition coefficient (Wildman–Crippen LogP) is 3.33. The van der Waals surface area contributed by atoms with E-state index in [-0.39, 0.29) is 5.60 Å². The standard InChI is InChI=1S/C17H27NO2/c1-17(2)12-14(9-11-20-17)16(8-10-18)13-4-6-15(19-3)7-5-13/h4-7,14,16H,8-12,18H2,1-3H3/t14-,16-/m0/s1. The molecule has 3 heteroatoms. The van der Waals surface area contributed by atoms with Crippen LogP contribution in [-0.2, 0) is 4.74 Å². The molecule has 20 heavy (non-hydrogen) atoms. The van der Waals surface area contributed by atoms with Crippen LogP contribution in [0.15, 0.2) is 24.3 Å². The van der Waals surface area contributed by atoms with Crippen molar-refractivity contribution < 1.29 is 9.47 Å². The highest BCUT2D eigenvalue weighted by Gasteiger charge is 2.33. The minimum Gasteiger partial charge on any atom is -0.497 e. The fraction of sp³-hybridized carbons (Fsp3) is 0.647. The average Bonchev–Trinajstić information content (AvgIpc) is 2.44. The van der Waals surface area contributed by atoms with Crippen molar-refractivity contribution >= 4 is 0 Å². The van der Waals surface area contributed by atoms with Crippen molar-refractivity contribution in [2.24, 2.45) is 11.7 Å². The van der Waals surface area contributed by atoms with Crippen LogP contribution >= 0.6 is 0 Å². The molecule has 2 atom stereocenters. The van der Waals surface area contributed by atoms with Crippen LogP contribution in [0.25, 0.3) is 0 Å². The number of rotatable bonds is 5. The highest BCUT2D eigenvalue weighted by molar-refractivity contribution is 5.30. The summed E-state index contributed by atoms with van der Waals surface area (Å²) >= 11 is 0. The van der Waals surface area contributed by atoms with Gasteiger partial charge in [0.15, 0.2) is 0 Å². The van der Waals surface area contributed by atoms with Gasteiger partial charge in [0, 0.05) is 6.61 Å². The third-order valence-electron chi connectivity index (χ3n) is 4.33. The Labute approximate surface area is 122 Å². The number of nitrogens with two attached hydrogens (primary N) is 1. The summed E-state index contributed by atoms with van der Waals surface area (Å²) in [7, 11) is 1.70. The lowest BCUT2D eigenvalue weighted by atomic mass is 9.75. The van der Waals surface area contributed by atoms with Crippen LogP contribution in [-0.4, -0.2) is 25.9 Å². The molecule has 1 saturated heterocycles. The second kappa shape index (κ2) is 6.59. The normalized spacial score (nSPS) is 23.3. The number of hydrogen-bond donors (Lipinski definition) is 1. The van der Waals surface area contributed by atoms with Gasteiger partial charge >= 0.3 is 0 Å². The minimum atomic E-state index is -0.0117. The summed E-state index contributed by atoms with van der Waals surface area (Å²) in [5, 5.41) is 0. The topological polar surface area (TPSA) is 44.5 Å². The number of methoxy groups -OCH3 is 1. The maximum Gasteiger partial charge on any atom is 0.118 e. The van der Waals surface area contributed by atoms with Crippen LogP contribution in [0.1, 0.15) is 44.6 Å². The molecule has 1 aliphatic rings. The lowest BCUT2D eigenvalue weighted by Crippen LogP contribution is -2.36. The van der Waals surface area contributed by atoms with E-state index >= 15 is 0 Å². The largest absolute Gasteiger partial charge is 0.497 e. The van der Waals surface area contributed by atoms with Gasteiger partial charge in [-0.25, -0.2) is 0 Å². The molecule has 0 amide bonds. The molecule has 3 nitrogen and oxygen atoms in total. The van der Waals surface area contributed by atoms with Gasteiger partial charge in [-0.05, 0) is 69.2 Å². The van der Waals surface area contributed by atoms with E-state index in [1.807, 2.05) is 12.1 Å². The third kappa shape index (κ3) is 3.74. The van der Waals surface area contributed by atoms with E-state index in [9.17, 15) is 0 Å². The van der Waals surface area contributed by atoms with E-state index in [0.717, 1.165) is 38.2 Å². The summed E-state index contributed by atoms with van der Waals surface area (Å²) in [5.41, 5.74) is 7.20. The highest BCUT2D eigenvalue weighted by atomic mass is 16.5. The van der Waals surface area contributed by atoms with Crippen LogP contribution in [0, 0.1) is 5.92 Å². The maximum absolute atomic E-state index is 5.84. The maximum atomic E-state index is 5.84. The van der Waals surface area contributed by atoms with E-state index in [2.05, 4.69) is 26.0 Å². The molecular formula is C17H27NO2. The van der Waals surface area contributed by atoms with E-state index < -0.39 is 0 Å². The fourth-order valence-corrected chi connectivity index (χ4v) is 3.33. The summed E-state index contributed by atoms with van der Waals surface area (Å²) in [6.45, 7) is 5.96. The molecule has 0 saturated carbocycles. The fourth-order valence-electron chi connectivity index (χ4n) is 3.33. The minimum absolute atomic E-state index is 0.0117. The molecule has 2 N–H and O–H groups in total. The molecule has 1 fully saturated rings. The smallest absolute Gasteiger partial charge is 0.118 e. The second-order valence-electron chi connectivity index (χ2n) is 6.32. The van der Waals surface area contributed by atoms with Crippen LogP contribution in [0.2, 0.25) is 0 Å². The molecule has 0 bridgehead atoms.